The normalized spacial score (nSPS) is 17.1. The van der Waals surface area contributed by atoms with Gasteiger partial charge in [0.2, 0.25) is 0 Å². The first-order valence-corrected chi connectivity index (χ1v) is 18.4. The van der Waals surface area contributed by atoms with Crippen molar-refractivity contribution >= 4 is 54.4 Å². The van der Waals surface area contributed by atoms with E-state index >= 15 is 0 Å². The Morgan fingerprint density at radius 1 is 0.816 bits per heavy atom. The fourth-order valence-electron chi connectivity index (χ4n) is 6.74. The van der Waals surface area contributed by atoms with Gasteiger partial charge in [-0.2, -0.15) is 16.8 Å². The fraction of sp³-hybridized carbons (Fsp3) is 0.286. The summed E-state index contributed by atoms with van der Waals surface area (Å²) in [5.74, 6) is -2.19. The van der Waals surface area contributed by atoms with Crippen LogP contribution in [0.15, 0.2) is 59.6 Å². The van der Waals surface area contributed by atoms with Crippen molar-refractivity contribution in [3.8, 4) is 11.5 Å². The highest BCUT2D eigenvalue weighted by atomic mass is 32.2. The highest BCUT2D eigenvalue weighted by Gasteiger charge is 2.33. The van der Waals surface area contributed by atoms with E-state index in [1.807, 2.05) is 13.8 Å². The zero-order valence-corrected chi connectivity index (χ0v) is 28.9. The number of carbonyl (C=O) groups excluding carboxylic acids is 1. The van der Waals surface area contributed by atoms with E-state index in [2.05, 4.69) is 5.32 Å². The molecule has 0 aromatic heterocycles. The summed E-state index contributed by atoms with van der Waals surface area (Å²) in [6, 6.07) is 11.3. The van der Waals surface area contributed by atoms with Gasteiger partial charge in [-0.25, -0.2) is 4.79 Å². The predicted octanol–water partition coefficient (Wildman–Crippen LogP) is 4.03. The number of carboxylic acid groups (broad SMARTS) is 1. The van der Waals surface area contributed by atoms with E-state index in [4.69, 9.17) is 9.73 Å². The Morgan fingerprint density at radius 2 is 1.47 bits per heavy atom. The van der Waals surface area contributed by atoms with Crippen molar-refractivity contribution in [2.75, 3.05) is 16.8 Å². The number of benzene rings is 3. The maximum atomic E-state index is 12.8. The third-order valence-corrected chi connectivity index (χ3v) is 9.66. The molecule has 6 rings (SSSR count). The van der Waals surface area contributed by atoms with Crippen LogP contribution in [0.25, 0.3) is 16.7 Å². The molecule has 0 saturated carbocycles. The van der Waals surface area contributed by atoms with E-state index in [0.717, 1.165) is 0 Å². The van der Waals surface area contributed by atoms with Gasteiger partial charge in [-0.3, -0.25) is 18.9 Å². The molecule has 4 N–H and O–H groups in total. The quantitative estimate of drug-likeness (QED) is 0.193. The first-order chi connectivity index (χ1) is 22.6. The summed E-state index contributed by atoms with van der Waals surface area (Å²) < 4.78 is 74.5. The van der Waals surface area contributed by atoms with Crippen LogP contribution < -0.4 is 20.6 Å². The van der Waals surface area contributed by atoms with Crippen LogP contribution in [0.3, 0.4) is 0 Å². The van der Waals surface area contributed by atoms with Gasteiger partial charge >= 0.3 is 5.97 Å². The highest BCUT2D eigenvalue weighted by Crippen LogP contribution is 2.45. The third kappa shape index (κ3) is 7.08. The number of nitrogens with zero attached hydrogens (tertiary/aromatic N) is 1. The molecule has 0 atom stereocenters. The lowest BCUT2D eigenvalue weighted by atomic mass is 9.84. The largest absolute Gasteiger partial charge is 0.478 e. The minimum absolute atomic E-state index is 0.0134. The van der Waals surface area contributed by atoms with E-state index in [9.17, 15) is 40.6 Å². The van der Waals surface area contributed by atoms with E-state index in [1.165, 1.54) is 13.0 Å². The molecule has 3 aromatic carbocycles. The lowest BCUT2D eigenvalue weighted by Gasteiger charge is -2.34. The maximum Gasteiger partial charge on any atom is 0.336 e. The Kier molecular flexibility index (Phi) is 8.02. The van der Waals surface area contributed by atoms with Crippen LogP contribution in [0.4, 0.5) is 5.69 Å². The summed E-state index contributed by atoms with van der Waals surface area (Å²) in [6.07, 6.45) is 3.35. The van der Waals surface area contributed by atoms with Crippen LogP contribution in [-0.4, -0.2) is 65.4 Å². The topological polar surface area (TPSA) is 197 Å². The SMILES string of the molecule is CC(=O)Cc1ccc(C2=c3cc4c(cc3Oc3cc5c(cc32)C(CS(=O)(=O)O)=CC(C)(C)N5)=NC(C)(C)C=C4CS(=O)(=O)O)c(C(=O)O)c1. The van der Waals surface area contributed by atoms with Crippen LogP contribution in [0.2, 0.25) is 0 Å². The van der Waals surface area contributed by atoms with Gasteiger partial charge in [0.1, 0.15) is 28.8 Å². The maximum absolute atomic E-state index is 12.8. The smallest absolute Gasteiger partial charge is 0.336 e. The van der Waals surface area contributed by atoms with Gasteiger partial charge in [0, 0.05) is 51.7 Å². The average molecular weight is 707 g/mol. The lowest BCUT2D eigenvalue weighted by molar-refractivity contribution is -0.116. The Labute approximate surface area is 283 Å². The van der Waals surface area contributed by atoms with Crippen molar-refractivity contribution in [3.63, 3.8) is 0 Å². The van der Waals surface area contributed by atoms with Gasteiger partial charge in [0.15, 0.2) is 0 Å². The number of carbonyl (C=O) groups is 2. The summed E-state index contributed by atoms with van der Waals surface area (Å²) in [7, 11) is -8.91. The van der Waals surface area contributed by atoms with Crippen molar-refractivity contribution < 1.29 is 45.4 Å². The van der Waals surface area contributed by atoms with Gasteiger partial charge in [0.25, 0.3) is 20.2 Å². The second-order valence-corrected chi connectivity index (χ2v) is 16.6. The average Bonchev–Trinajstić information content (AvgIpc) is 2.91. The minimum atomic E-state index is -4.46. The molecule has 3 aromatic rings. The molecular formula is C35H34N2O10S2. The summed E-state index contributed by atoms with van der Waals surface area (Å²) in [4.78, 5) is 29.5. The number of nitrogens with one attached hydrogen (secondary N) is 1. The number of hydrogen-bond donors (Lipinski definition) is 4. The number of fused-ring (bicyclic) bond motifs is 4. The lowest BCUT2D eigenvalue weighted by Crippen LogP contribution is -2.33. The molecule has 3 aliphatic rings. The van der Waals surface area contributed by atoms with Crippen molar-refractivity contribution in [3.05, 3.63) is 98.6 Å². The number of aromatic carboxylic acids is 1. The number of ketones is 1. The molecule has 256 valence electrons. The third-order valence-electron chi connectivity index (χ3n) is 8.31. The molecule has 0 radical (unpaired) electrons. The van der Waals surface area contributed by atoms with Crippen molar-refractivity contribution in [2.24, 2.45) is 4.99 Å². The second-order valence-electron chi connectivity index (χ2n) is 13.7. The van der Waals surface area contributed by atoms with Gasteiger partial charge in [0.05, 0.1) is 22.0 Å². The van der Waals surface area contributed by atoms with Gasteiger partial charge in [-0.05, 0) is 75.1 Å². The molecule has 0 aliphatic carbocycles. The first kappa shape index (κ1) is 34.2. The predicted molar refractivity (Wildman–Crippen MR) is 184 cm³/mol. The fourth-order valence-corrected chi connectivity index (χ4v) is 8.00. The Morgan fingerprint density at radius 3 is 2.08 bits per heavy atom. The van der Waals surface area contributed by atoms with Crippen LogP contribution >= 0.6 is 0 Å². The van der Waals surface area contributed by atoms with E-state index in [1.54, 1.807) is 62.4 Å². The van der Waals surface area contributed by atoms with Crippen LogP contribution in [0.5, 0.6) is 11.5 Å². The molecule has 0 bridgehead atoms. The molecule has 3 aliphatic heterocycles. The van der Waals surface area contributed by atoms with Gasteiger partial charge in [-0.15, -0.1) is 0 Å². The van der Waals surface area contributed by atoms with Crippen molar-refractivity contribution in [1.29, 1.82) is 0 Å². The molecule has 0 saturated heterocycles. The van der Waals surface area contributed by atoms with Crippen molar-refractivity contribution in [2.45, 2.75) is 52.1 Å². The highest BCUT2D eigenvalue weighted by molar-refractivity contribution is 7.86. The number of hydrogen-bond acceptors (Lipinski definition) is 9. The molecule has 0 fully saturated rings. The van der Waals surface area contributed by atoms with Gasteiger partial charge < -0.3 is 15.2 Å². The van der Waals surface area contributed by atoms with Gasteiger partial charge in [-0.1, -0.05) is 24.3 Å². The molecule has 3 heterocycles. The van der Waals surface area contributed by atoms with Crippen molar-refractivity contribution in [1.82, 2.24) is 0 Å². The molecule has 0 unspecified atom stereocenters. The monoisotopic (exact) mass is 706 g/mol. The standard InChI is InChI=1S/C35H34N2O10S2/c1-18(38)8-19-6-7-22(25(9-19)33(39)40)32-26-10-23-20(16-48(41,42)43)14-34(2,3)36-28(23)12-30(26)47-31-13-29-24(11-27(31)32)21(17-49(44,45)46)15-35(4,5)37-29/h6-7,9-15,36H,8,16-17H2,1-5H3,(H,39,40)(H,41,42,43)(H,44,45,46). The number of Topliss-reactive ketones (excluding diaryl/α,β-unsaturated/α-hetero) is 1. The molecule has 12 nitrogen and oxygen atoms in total. The molecule has 49 heavy (non-hydrogen) atoms. The zero-order chi connectivity index (χ0) is 35.8. The molecule has 0 spiro atoms. The summed E-state index contributed by atoms with van der Waals surface area (Å²) >= 11 is 0. The zero-order valence-electron chi connectivity index (χ0n) is 27.3. The minimum Gasteiger partial charge on any atom is -0.478 e. The second kappa shape index (κ2) is 11.5. The number of anilines is 1. The number of rotatable bonds is 8. The Balaban J connectivity index is 1.73. The first-order valence-electron chi connectivity index (χ1n) is 15.2. The molecular weight excluding hydrogens is 673 g/mol. The number of carboxylic acids is 1. The van der Waals surface area contributed by atoms with E-state index < -0.39 is 48.8 Å². The summed E-state index contributed by atoms with van der Waals surface area (Å²) in [5, 5.41) is 14.6. The summed E-state index contributed by atoms with van der Waals surface area (Å²) in [6.45, 7) is 8.64. The molecule has 0 amide bonds. The Hall–Kier alpha value is -4.63. The Bertz CT molecular complexity index is 2420. The molecule has 14 heteroatoms. The van der Waals surface area contributed by atoms with E-state index in [0.29, 0.717) is 61.2 Å². The van der Waals surface area contributed by atoms with Crippen LogP contribution in [-0.2, 0) is 31.5 Å². The summed E-state index contributed by atoms with van der Waals surface area (Å²) in [5.41, 5.74) is 1.81. The van der Waals surface area contributed by atoms with E-state index in [-0.39, 0.29) is 28.9 Å². The number of ether oxygens (including phenoxy) is 1. The van der Waals surface area contributed by atoms with Crippen LogP contribution in [0, 0.1) is 0 Å². The van der Waals surface area contributed by atoms with Crippen LogP contribution in [0.1, 0.15) is 72.8 Å².